The summed E-state index contributed by atoms with van der Waals surface area (Å²) in [6, 6.07) is 22.8. The summed E-state index contributed by atoms with van der Waals surface area (Å²) in [5, 5.41) is 0. The number of benzene rings is 3. The summed E-state index contributed by atoms with van der Waals surface area (Å²) in [5.41, 5.74) is 3.33. The standard InChI is InChI=1S/C31H27BrN2O4S2/c1-4-37-30(36)27-19(2)33-31-34(28(27)21-11-15-24(39-3)16-12-21)29(35)26(40-31)17-22-7-5-6-8-25(22)38-18-20-9-13-23(32)14-10-20/h5-17,28H,4,18H2,1-3H3/b26-17-/t28-/m0/s1. The van der Waals surface area contributed by atoms with Crippen LogP contribution in [0.5, 0.6) is 5.75 Å². The van der Waals surface area contributed by atoms with Crippen molar-refractivity contribution in [2.24, 2.45) is 4.99 Å². The van der Waals surface area contributed by atoms with Crippen LogP contribution in [0.15, 0.2) is 103 Å². The zero-order chi connectivity index (χ0) is 28.2. The summed E-state index contributed by atoms with van der Waals surface area (Å²) in [5.74, 6) is 0.201. The second kappa shape index (κ2) is 12.4. The molecular formula is C31H27BrN2O4S2. The van der Waals surface area contributed by atoms with Crippen molar-refractivity contribution in [2.75, 3.05) is 12.9 Å². The number of fused-ring (bicyclic) bond motifs is 1. The summed E-state index contributed by atoms with van der Waals surface area (Å²) in [6.07, 6.45) is 3.84. The number of carbonyl (C=O) groups is 1. The first kappa shape index (κ1) is 28.1. The van der Waals surface area contributed by atoms with Crippen molar-refractivity contribution in [3.63, 3.8) is 0 Å². The SMILES string of the molecule is CCOC(=O)C1=C(C)N=c2s/c(=C\c3ccccc3OCc3ccc(Br)cc3)c(=O)n2[C@H]1c1ccc(SC)cc1. The van der Waals surface area contributed by atoms with Crippen molar-refractivity contribution in [2.45, 2.75) is 31.4 Å². The van der Waals surface area contributed by atoms with Crippen LogP contribution in [0, 0.1) is 0 Å². The zero-order valence-corrected chi connectivity index (χ0v) is 25.4. The van der Waals surface area contributed by atoms with E-state index in [2.05, 4.69) is 20.9 Å². The Labute approximate surface area is 248 Å². The van der Waals surface area contributed by atoms with Crippen LogP contribution >= 0.6 is 39.0 Å². The molecular weight excluding hydrogens is 608 g/mol. The lowest BCUT2D eigenvalue weighted by Gasteiger charge is -2.24. The van der Waals surface area contributed by atoms with Crippen molar-refractivity contribution in [1.29, 1.82) is 0 Å². The number of hydrogen-bond donors (Lipinski definition) is 0. The first-order chi connectivity index (χ1) is 19.4. The largest absolute Gasteiger partial charge is 0.488 e. The maximum Gasteiger partial charge on any atom is 0.338 e. The van der Waals surface area contributed by atoms with Crippen LogP contribution in [0.4, 0.5) is 0 Å². The fourth-order valence-electron chi connectivity index (χ4n) is 4.51. The number of hydrogen-bond acceptors (Lipinski definition) is 7. The number of nitrogens with zero attached hydrogens (tertiary/aromatic N) is 2. The molecule has 0 fully saturated rings. The molecule has 4 aromatic rings. The highest BCUT2D eigenvalue weighted by Crippen LogP contribution is 2.32. The number of thiazole rings is 1. The van der Waals surface area contributed by atoms with E-state index in [1.165, 1.54) is 11.3 Å². The molecule has 0 N–H and O–H groups in total. The highest BCUT2D eigenvalue weighted by Gasteiger charge is 2.33. The molecule has 6 nitrogen and oxygen atoms in total. The van der Waals surface area contributed by atoms with Crippen molar-refractivity contribution in [1.82, 2.24) is 4.57 Å². The van der Waals surface area contributed by atoms with Gasteiger partial charge in [0.25, 0.3) is 5.56 Å². The fraction of sp³-hybridized carbons (Fsp3) is 0.194. The van der Waals surface area contributed by atoms with Gasteiger partial charge in [-0.1, -0.05) is 69.7 Å². The van der Waals surface area contributed by atoms with Crippen molar-refractivity contribution < 1.29 is 14.3 Å². The molecule has 0 amide bonds. The Balaban J connectivity index is 1.59. The lowest BCUT2D eigenvalue weighted by atomic mass is 9.96. The quantitative estimate of drug-likeness (QED) is 0.179. The maximum absolute atomic E-state index is 13.9. The highest BCUT2D eigenvalue weighted by molar-refractivity contribution is 9.10. The minimum Gasteiger partial charge on any atom is -0.488 e. The monoisotopic (exact) mass is 634 g/mol. The summed E-state index contributed by atoms with van der Waals surface area (Å²) in [6.45, 7) is 4.18. The molecule has 1 atom stereocenters. The Hall–Kier alpha value is -3.40. The molecule has 1 aromatic heterocycles. The van der Waals surface area contributed by atoms with E-state index in [0.717, 1.165) is 26.1 Å². The van der Waals surface area contributed by atoms with Gasteiger partial charge in [-0.2, -0.15) is 0 Å². The number of thioether (sulfide) groups is 1. The predicted molar refractivity (Wildman–Crippen MR) is 164 cm³/mol. The van der Waals surface area contributed by atoms with E-state index in [-0.39, 0.29) is 12.2 Å². The Kier molecular flexibility index (Phi) is 8.73. The number of carbonyl (C=O) groups excluding carboxylic acids is 1. The molecule has 3 aromatic carbocycles. The van der Waals surface area contributed by atoms with Crippen LogP contribution in [0.3, 0.4) is 0 Å². The molecule has 9 heteroatoms. The van der Waals surface area contributed by atoms with Crippen molar-refractivity contribution in [3.8, 4) is 5.75 Å². The summed E-state index contributed by atoms with van der Waals surface area (Å²) >= 11 is 6.38. The van der Waals surface area contributed by atoms with E-state index < -0.39 is 12.0 Å². The number of esters is 1. The number of rotatable bonds is 8. The molecule has 0 unspecified atom stereocenters. The second-order valence-electron chi connectivity index (χ2n) is 9.03. The number of allylic oxidation sites excluding steroid dienone is 1. The van der Waals surface area contributed by atoms with Crippen LogP contribution in [0.2, 0.25) is 0 Å². The van der Waals surface area contributed by atoms with E-state index in [9.17, 15) is 9.59 Å². The Bertz CT molecular complexity index is 1760. The average molecular weight is 636 g/mol. The van der Waals surface area contributed by atoms with Gasteiger partial charge in [0.1, 0.15) is 12.4 Å². The van der Waals surface area contributed by atoms with Crippen LogP contribution < -0.4 is 19.6 Å². The molecule has 0 spiro atoms. The number of ether oxygens (including phenoxy) is 2. The van der Waals surface area contributed by atoms with Crippen LogP contribution in [-0.2, 0) is 16.1 Å². The first-order valence-corrected chi connectivity index (χ1v) is 15.5. The average Bonchev–Trinajstić information content (AvgIpc) is 3.26. The van der Waals surface area contributed by atoms with Crippen molar-refractivity contribution in [3.05, 3.63) is 125 Å². The van der Waals surface area contributed by atoms with Crippen LogP contribution in [0.25, 0.3) is 6.08 Å². The van der Waals surface area contributed by atoms with Gasteiger partial charge in [-0.25, -0.2) is 9.79 Å². The minimum absolute atomic E-state index is 0.222. The molecule has 0 radical (unpaired) electrons. The van der Waals surface area contributed by atoms with Gasteiger partial charge in [-0.05, 0) is 67.6 Å². The van der Waals surface area contributed by atoms with Gasteiger partial charge in [0.2, 0.25) is 0 Å². The van der Waals surface area contributed by atoms with Gasteiger partial charge in [-0.3, -0.25) is 9.36 Å². The highest BCUT2D eigenvalue weighted by atomic mass is 79.9. The normalized spacial score (nSPS) is 15.0. The van der Waals surface area contributed by atoms with E-state index >= 15 is 0 Å². The Morgan fingerprint density at radius 1 is 1.10 bits per heavy atom. The molecule has 2 heterocycles. The van der Waals surface area contributed by atoms with Gasteiger partial charge in [0.05, 0.1) is 28.5 Å². The van der Waals surface area contributed by atoms with Gasteiger partial charge >= 0.3 is 5.97 Å². The smallest absolute Gasteiger partial charge is 0.338 e. The molecule has 0 aliphatic carbocycles. The molecule has 1 aliphatic rings. The van der Waals surface area contributed by atoms with Gasteiger partial charge in [-0.15, -0.1) is 11.8 Å². The molecule has 0 saturated carbocycles. The molecule has 204 valence electrons. The summed E-state index contributed by atoms with van der Waals surface area (Å²) in [4.78, 5) is 33.3. The van der Waals surface area contributed by atoms with E-state index in [0.29, 0.717) is 33.0 Å². The third-order valence-electron chi connectivity index (χ3n) is 6.46. The van der Waals surface area contributed by atoms with Crippen LogP contribution in [0.1, 0.15) is 36.6 Å². The van der Waals surface area contributed by atoms with Crippen LogP contribution in [-0.4, -0.2) is 23.4 Å². The van der Waals surface area contributed by atoms with Gasteiger partial charge < -0.3 is 9.47 Å². The molecule has 5 rings (SSSR count). The summed E-state index contributed by atoms with van der Waals surface area (Å²) in [7, 11) is 0. The summed E-state index contributed by atoms with van der Waals surface area (Å²) < 4.78 is 14.6. The fourth-order valence-corrected chi connectivity index (χ4v) is 6.22. The number of aromatic nitrogens is 1. The van der Waals surface area contributed by atoms with Crippen molar-refractivity contribution >= 4 is 51.1 Å². The van der Waals surface area contributed by atoms with Gasteiger partial charge in [0.15, 0.2) is 4.80 Å². The minimum atomic E-state index is -0.641. The lowest BCUT2D eigenvalue weighted by molar-refractivity contribution is -0.139. The Morgan fingerprint density at radius 2 is 1.82 bits per heavy atom. The molecule has 40 heavy (non-hydrogen) atoms. The van der Waals surface area contributed by atoms with E-state index in [1.807, 2.05) is 85.1 Å². The van der Waals surface area contributed by atoms with E-state index in [4.69, 9.17) is 9.47 Å². The predicted octanol–water partition coefficient (Wildman–Crippen LogP) is 5.86. The lowest BCUT2D eigenvalue weighted by Crippen LogP contribution is -2.39. The third kappa shape index (κ3) is 5.87. The zero-order valence-electron chi connectivity index (χ0n) is 22.2. The number of halogens is 1. The Morgan fingerprint density at radius 3 is 2.52 bits per heavy atom. The van der Waals surface area contributed by atoms with Gasteiger partial charge in [0, 0.05) is 14.9 Å². The molecule has 0 bridgehead atoms. The van der Waals surface area contributed by atoms with E-state index in [1.54, 1.807) is 30.2 Å². The third-order valence-corrected chi connectivity index (χ3v) is 8.72. The molecule has 0 saturated heterocycles. The maximum atomic E-state index is 13.9. The second-order valence-corrected chi connectivity index (χ2v) is 11.8. The number of para-hydroxylation sites is 1. The topological polar surface area (TPSA) is 69.9 Å². The molecule has 1 aliphatic heterocycles. The first-order valence-electron chi connectivity index (χ1n) is 12.7.